The number of imide groups is 1. The number of thioether (sulfide) groups is 1. The minimum atomic E-state index is -0.287. The number of rotatable bonds is 3. The summed E-state index contributed by atoms with van der Waals surface area (Å²) in [5.74, 6) is 0.530. The van der Waals surface area contributed by atoms with Gasteiger partial charge < -0.3 is 9.72 Å². The van der Waals surface area contributed by atoms with Crippen molar-refractivity contribution >= 4 is 40.6 Å². The number of nitrogens with zero attached hydrogens (tertiary/aromatic N) is 1. The van der Waals surface area contributed by atoms with Gasteiger partial charge in [0, 0.05) is 16.0 Å². The summed E-state index contributed by atoms with van der Waals surface area (Å²) < 4.78 is 5.24. The summed E-state index contributed by atoms with van der Waals surface area (Å²) in [6, 6.07) is 17.5. The fourth-order valence-corrected chi connectivity index (χ4v) is 9.93. The zero-order chi connectivity index (χ0) is 23.1. The lowest BCUT2D eigenvalue weighted by atomic mass is 9.68. The molecule has 3 heterocycles. The lowest BCUT2D eigenvalue weighted by Gasteiger charge is -2.43. The lowest BCUT2D eigenvalue weighted by molar-refractivity contribution is -0.123. The molecule has 7 rings (SSSR count). The van der Waals surface area contributed by atoms with Crippen LogP contribution in [-0.4, -0.2) is 29.2 Å². The molecule has 2 bridgehead atoms. The summed E-state index contributed by atoms with van der Waals surface area (Å²) in [5.41, 5.74) is 1.80. The van der Waals surface area contributed by atoms with Crippen molar-refractivity contribution in [3.05, 3.63) is 74.7 Å². The van der Waals surface area contributed by atoms with E-state index in [-0.39, 0.29) is 57.4 Å². The number of methoxy groups -OCH3 is 1. The molecule has 3 fully saturated rings. The zero-order valence-electron chi connectivity index (χ0n) is 18.3. The maximum atomic E-state index is 13.7. The Balaban J connectivity index is 1.30. The Labute approximate surface area is 204 Å². The molecule has 2 aromatic carbocycles. The van der Waals surface area contributed by atoms with Crippen molar-refractivity contribution in [1.82, 2.24) is 4.98 Å². The maximum Gasteiger partial charge on any atom is 0.305 e. The number of carbonyl (C=O) groups is 2. The Bertz CT molecular complexity index is 1370. The number of fused-ring (bicyclic) bond motifs is 9. The first-order valence-corrected chi connectivity index (χ1v) is 13.2. The third-order valence-corrected chi connectivity index (χ3v) is 10.8. The van der Waals surface area contributed by atoms with Crippen LogP contribution in [0.2, 0.25) is 0 Å². The van der Waals surface area contributed by atoms with Crippen molar-refractivity contribution in [3.63, 3.8) is 0 Å². The second kappa shape index (κ2) is 7.33. The molecule has 1 N–H and O–H groups in total. The van der Waals surface area contributed by atoms with Crippen molar-refractivity contribution in [3.8, 4) is 5.75 Å². The van der Waals surface area contributed by atoms with E-state index in [0.29, 0.717) is 11.4 Å². The molecule has 2 saturated carbocycles. The normalized spacial score (nSPS) is 33.1. The van der Waals surface area contributed by atoms with Crippen molar-refractivity contribution in [2.75, 3.05) is 12.0 Å². The van der Waals surface area contributed by atoms with Crippen molar-refractivity contribution in [1.29, 1.82) is 0 Å². The van der Waals surface area contributed by atoms with Crippen LogP contribution in [0.1, 0.15) is 22.8 Å². The van der Waals surface area contributed by atoms with Gasteiger partial charge in [0.2, 0.25) is 11.8 Å². The number of anilines is 1. The number of hydrogen-bond acceptors (Lipinski definition) is 6. The quantitative estimate of drug-likeness (QED) is 0.559. The number of nitrogens with one attached hydrogen (secondary N) is 1. The number of aromatic nitrogens is 1. The van der Waals surface area contributed by atoms with Crippen LogP contribution in [0, 0.1) is 29.6 Å². The van der Waals surface area contributed by atoms with Crippen LogP contribution in [0.3, 0.4) is 0 Å². The first-order valence-electron chi connectivity index (χ1n) is 11.5. The van der Waals surface area contributed by atoms with Gasteiger partial charge >= 0.3 is 4.87 Å². The monoisotopic (exact) mass is 490 g/mol. The molecule has 0 radical (unpaired) electrons. The second-order valence-electron chi connectivity index (χ2n) is 9.58. The molecule has 0 spiro atoms. The number of H-pyrrole nitrogens is 1. The zero-order valence-corrected chi connectivity index (χ0v) is 20.0. The van der Waals surface area contributed by atoms with Crippen LogP contribution >= 0.6 is 23.1 Å². The van der Waals surface area contributed by atoms with Crippen LogP contribution in [0.15, 0.2) is 64.4 Å². The molecular weight excluding hydrogens is 468 g/mol. The minimum Gasteiger partial charge on any atom is -0.497 e. The number of ether oxygens (including phenoxy) is 1. The Morgan fingerprint density at radius 2 is 1.65 bits per heavy atom. The Kier molecular flexibility index (Phi) is 4.42. The molecule has 1 aromatic heterocycles. The van der Waals surface area contributed by atoms with Crippen LogP contribution in [0.25, 0.3) is 0 Å². The molecule has 1 saturated heterocycles. The molecule has 4 aliphatic rings. The third-order valence-electron chi connectivity index (χ3n) is 8.21. The van der Waals surface area contributed by atoms with Gasteiger partial charge in [-0.3, -0.25) is 19.3 Å². The van der Waals surface area contributed by atoms with E-state index in [0.717, 1.165) is 16.3 Å². The van der Waals surface area contributed by atoms with E-state index in [2.05, 4.69) is 17.1 Å². The van der Waals surface area contributed by atoms with Gasteiger partial charge in [0.05, 0.1) is 29.7 Å². The summed E-state index contributed by atoms with van der Waals surface area (Å²) in [7, 11) is 1.60. The summed E-state index contributed by atoms with van der Waals surface area (Å²) >= 11 is 3.01. The molecule has 172 valence electrons. The number of carbonyl (C=O) groups excluding carboxylic acids is 2. The first-order chi connectivity index (χ1) is 16.6. The molecule has 2 aliphatic carbocycles. The first kappa shape index (κ1) is 20.5. The smallest absolute Gasteiger partial charge is 0.305 e. The van der Waals surface area contributed by atoms with Gasteiger partial charge in [-0.2, -0.15) is 0 Å². The third kappa shape index (κ3) is 2.66. The molecule has 2 amide bonds. The highest BCUT2D eigenvalue weighted by Crippen LogP contribution is 2.68. The van der Waals surface area contributed by atoms with Crippen molar-refractivity contribution < 1.29 is 14.3 Å². The summed E-state index contributed by atoms with van der Waals surface area (Å²) in [4.78, 5) is 45.1. The van der Waals surface area contributed by atoms with E-state index in [1.165, 1.54) is 21.8 Å². The molecule has 2 aliphatic heterocycles. The molecule has 7 unspecified atom stereocenters. The van der Waals surface area contributed by atoms with Crippen molar-refractivity contribution in [2.45, 2.75) is 22.6 Å². The van der Waals surface area contributed by atoms with E-state index in [4.69, 9.17) is 4.74 Å². The number of benzene rings is 2. The van der Waals surface area contributed by atoms with Crippen LogP contribution < -0.4 is 14.5 Å². The van der Waals surface area contributed by atoms with E-state index in [1.807, 2.05) is 18.2 Å². The van der Waals surface area contributed by atoms with E-state index in [9.17, 15) is 14.4 Å². The van der Waals surface area contributed by atoms with Gasteiger partial charge in [-0.1, -0.05) is 41.7 Å². The number of amides is 2. The van der Waals surface area contributed by atoms with Gasteiger partial charge in [0.15, 0.2) is 0 Å². The highest BCUT2D eigenvalue weighted by Gasteiger charge is 2.69. The molecule has 7 atom stereocenters. The molecule has 34 heavy (non-hydrogen) atoms. The Hall–Kier alpha value is -2.84. The number of hydrogen-bond donors (Lipinski definition) is 1. The number of aromatic amines is 1. The maximum absolute atomic E-state index is 13.7. The highest BCUT2D eigenvalue weighted by molar-refractivity contribution is 8.00. The summed E-state index contributed by atoms with van der Waals surface area (Å²) in [5, 5.41) is 1.15. The van der Waals surface area contributed by atoms with Gasteiger partial charge in [-0.05, 0) is 54.0 Å². The van der Waals surface area contributed by atoms with Gasteiger partial charge in [-0.25, -0.2) is 0 Å². The SMILES string of the molecule is COc1ccc(N2C(=O)C3C4CC(C3C2=O)C2C(c3ccccc3)c3sc(=O)[nH]c3SC42)cc1. The number of thiazole rings is 1. The Morgan fingerprint density at radius 1 is 0.941 bits per heavy atom. The van der Waals surface area contributed by atoms with Gasteiger partial charge in [0.1, 0.15) is 5.75 Å². The molecule has 3 aromatic rings. The predicted molar refractivity (Wildman–Crippen MR) is 130 cm³/mol. The summed E-state index contributed by atoms with van der Waals surface area (Å²) in [6.45, 7) is 0. The fraction of sp³-hybridized carbons (Fsp3) is 0.346. The largest absolute Gasteiger partial charge is 0.497 e. The molecular formula is C26H22N2O4S2. The predicted octanol–water partition coefficient (Wildman–Crippen LogP) is 4.12. The fourth-order valence-electron chi connectivity index (χ4n) is 7.04. The topological polar surface area (TPSA) is 79.5 Å². The summed E-state index contributed by atoms with van der Waals surface area (Å²) in [6.07, 6.45) is 0.897. The second-order valence-corrected chi connectivity index (χ2v) is 11.8. The van der Waals surface area contributed by atoms with E-state index < -0.39 is 0 Å². The highest BCUT2D eigenvalue weighted by atomic mass is 32.2. The van der Waals surface area contributed by atoms with Crippen molar-refractivity contribution in [2.24, 2.45) is 29.6 Å². The minimum absolute atomic E-state index is 0.0382. The van der Waals surface area contributed by atoms with Gasteiger partial charge in [-0.15, -0.1) is 11.8 Å². The standard InChI is InChI=1S/C26H22N2O4S2/c1-32-14-9-7-13(8-10-14)28-24(29)19-15-11-16(20(19)25(28)30)21-18(15)17(12-5-3-2-4-6-12)22-23(33-21)27-26(31)34-22/h2-10,15-21H,11H2,1H3,(H,27,31). The lowest BCUT2D eigenvalue weighted by Crippen LogP contribution is -2.42. The van der Waals surface area contributed by atoms with Crippen LogP contribution in [0.4, 0.5) is 5.69 Å². The van der Waals surface area contributed by atoms with Crippen LogP contribution in [-0.2, 0) is 9.59 Å². The van der Waals surface area contributed by atoms with Gasteiger partial charge in [0.25, 0.3) is 0 Å². The Morgan fingerprint density at radius 3 is 2.35 bits per heavy atom. The van der Waals surface area contributed by atoms with E-state index >= 15 is 0 Å². The average Bonchev–Trinajstić information content (AvgIpc) is 3.58. The average molecular weight is 491 g/mol. The molecule has 8 heteroatoms. The van der Waals surface area contributed by atoms with Crippen LogP contribution in [0.5, 0.6) is 5.75 Å². The van der Waals surface area contributed by atoms with E-state index in [1.54, 1.807) is 43.1 Å². The molecule has 6 nitrogen and oxygen atoms in total.